The first-order valence-electron chi connectivity index (χ1n) is 8.15. The molecule has 2 aromatic carbocycles. The van der Waals surface area contributed by atoms with Crippen molar-refractivity contribution in [2.24, 2.45) is 0 Å². The standard InChI is InChI=1S/C21H20O3/c1-13-10-11-15(14(2)12-13)6-5-9-18-19(22)16-7-3-4-8-17(16)20(23)21(18)24/h3-4,7-8,10-12,22H,5-6,9H2,1-2H3. The molecule has 3 rings (SSSR count). The zero-order valence-electron chi connectivity index (χ0n) is 13.9. The fourth-order valence-corrected chi connectivity index (χ4v) is 3.23. The average molecular weight is 320 g/mol. The molecule has 24 heavy (non-hydrogen) atoms. The molecule has 0 bridgehead atoms. The molecule has 0 atom stereocenters. The van der Waals surface area contributed by atoms with Gasteiger partial charge in [-0.3, -0.25) is 9.59 Å². The summed E-state index contributed by atoms with van der Waals surface area (Å²) in [5, 5.41) is 10.4. The molecule has 0 fully saturated rings. The Morgan fingerprint density at radius 1 is 0.875 bits per heavy atom. The van der Waals surface area contributed by atoms with Crippen LogP contribution < -0.4 is 0 Å². The van der Waals surface area contributed by atoms with Gasteiger partial charge in [0.05, 0.1) is 0 Å². The molecule has 3 heteroatoms. The predicted octanol–water partition coefficient (Wildman–Crippen LogP) is 4.36. The molecule has 0 spiro atoms. The van der Waals surface area contributed by atoms with Gasteiger partial charge in [0.15, 0.2) is 0 Å². The average Bonchev–Trinajstić information content (AvgIpc) is 2.57. The van der Waals surface area contributed by atoms with Crippen LogP contribution in [0.1, 0.15) is 45.5 Å². The zero-order valence-corrected chi connectivity index (χ0v) is 13.9. The highest BCUT2D eigenvalue weighted by Crippen LogP contribution is 2.30. The quantitative estimate of drug-likeness (QED) is 0.852. The molecule has 0 aromatic heterocycles. The van der Waals surface area contributed by atoms with Crippen molar-refractivity contribution in [3.63, 3.8) is 0 Å². The van der Waals surface area contributed by atoms with Gasteiger partial charge in [-0.2, -0.15) is 0 Å². The molecule has 0 unspecified atom stereocenters. The third kappa shape index (κ3) is 2.90. The fraction of sp³-hybridized carbons (Fsp3) is 0.238. The Morgan fingerprint density at radius 3 is 2.29 bits per heavy atom. The maximum atomic E-state index is 12.3. The Balaban J connectivity index is 1.79. The van der Waals surface area contributed by atoms with Gasteiger partial charge in [-0.25, -0.2) is 0 Å². The van der Waals surface area contributed by atoms with Gasteiger partial charge >= 0.3 is 0 Å². The molecule has 3 nitrogen and oxygen atoms in total. The summed E-state index contributed by atoms with van der Waals surface area (Å²) in [6, 6.07) is 13.0. The van der Waals surface area contributed by atoms with E-state index in [0.29, 0.717) is 18.4 Å². The summed E-state index contributed by atoms with van der Waals surface area (Å²) < 4.78 is 0. The van der Waals surface area contributed by atoms with E-state index in [4.69, 9.17) is 0 Å². The number of benzene rings is 2. The zero-order chi connectivity index (χ0) is 17.3. The van der Waals surface area contributed by atoms with Gasteiger partial charge in [-0.05, 0) is 44.2 Å². The lowest BCUT2D eigenvalue weighted by Gasteiger charge is -2.17. The van der Waals surface area contributed by atoms with Crippen LogP contribution in [0.4, 0.5) is 0 Å². The summed E-state index contributed by atoms with van der Waals surface area (Å²) in [5.74, 6) is -1.15. The van der Waals surface area contributed by atoms with Crippen molar-refractivity contribution in [2.75, 3.05) is 0 Å². The fourth-order valence-electron chi connectivity index (χ4n) is 3.23. The SMILES string of the molecule is Cc1ccc(CCCC2=C(O)c3ccccc3C(=O)C2=O)c(C)c1. The number of rotatable bonds is 4. The van der Waals surface area contributed by atoms with Crippen LogP contribution in [-0.2, 0) is 11.2 Å². The minimum atomic E-state index is -0.577. The van der Waals surface area contributed by atoms with Crippen LogP contribution in [0.2, 0.25) is 0 Å². The second kappa shape index (κ2) is 6.44. The molecule has 0 saturated carbocycles. The van der Waals surface area contributed by atoms with E-state index < -0.39 is 11.6 Å². The number of ketones is 2. The summed E-state index contributed by atoms with van der Waals surface area (Å²) in [7, 11) is 0. The molecule has 0 radical (unpaired) electrons. The maximum Gasteiger partial charge on any atom is 0.234 e. The van der Waals surface area contributed by atoms with Crippen molar-refractivity contribution in [3.05, 3.63) is 75.9 Å². The predicted molar refractivity (Wildman–Crippen MR) is 94.2 cm³/mol. The number of aliphatic hydroxyl groups excluding tert-OH is 1. The van der Waals surface area contributed by atoms with E-state index >= 15 is 0 Å². The Morgan fingerprint density at radius 2 is 1.58 bits per heavy atom. The van der Waals surface area contributed by atoms with Gasteiger partial charge in [0, 0.05) is 16.7 Å². The van der Waals surface area contributed by atoms with Crippen LogP contribution in [-0.4, -0.2) is 16.7 Å². The molecular weight excluding hydrogens is 300 g/mol. The largest absolute Gasteiger partial charge is 0.507 e. The van der Waals surface area contributed by atoms with Crippen LogP contribution >= 0.6 is 0 Å². The number of hydrogen-bond acceptors (Lipinski definition) is 3. The molecular formula is C21H20O3. The van der Waals surface area contributed by atoms with Crippen molar-refractivity contribution >= 4 is 17.3 Å². The number of carbonyl (C=O) groups excluding carboxylic acids is 2. The highest BCUT2D eigenvalue weighted by atomic mass is 16.3. The summed E-state index contributed by atoms with van der Waals surface area (Å²) in [6.07, 6.45) is 1.93. The highest BCUT2D eigenvalue weighted by molar-refractivity contribution is 6.52. The Bertz CT molecular complexity index is 859. The molecule has 0 saturated heterocycles. The monoisotopic (exact) mass is 320 g/mol. The Kier molecular flexibility index (Phi) is 4.34. The molecule has 0 aliphatic heterocycles. The van der Waals surface area contributed by atoms with E-state index in [1.54, 1.807) is 24.3 Å². The first kappa shape index (κ1) is 16.2. The normalized spacial score (nSPS) is 14.1. The Labute approximate surface area is 141 Å². The second-order valence-electron chi connectivity index (χ2n) is 6.31. The number of hydrogen-bond donors (Lipinski definition) is 1. The molecule has 1 aliphatic carbocycles. The van der Waals surface area contributed by atoms with Crippen LogP contribution in [0.25, 0.3) is 5.76 Å². The summed E-state index contributed by atoms with van der Waals surface area (Å²) in [5.41, 5.74) is 4.67. The molecule has 1 N–H and O–H groups in total. The van der Waals surface area contributed by atoms with E-state index in [1.807, 2.05) is 0 Å². The number of aliphatic hydroxyl groups is 1. The smallest absolute Gasteiger partial charge is 0.234 e. The molecule has 1 aliphatic rings. The lowest BCUT2D eigenvalue weighted by Crippen LogP contribution is -2.24. The van der Waals surface area contributed by atoms with Gasteiger partial charge in [-0.1, -0.05) is 48.0 Å². The summed E-state index contributed by atoms with van der Waals surface area (Å²) in [4.78, 5) is 24.5. The molecule has 2 aromatic rings. The lowest BCUT2D eigenvalue weighted by atomic mass is 9.86. The van der Waals surface area contributed by atoms with Gasteiger partial charge in [0.2, 0.25) is 11.6 Å². The Hall–Kier alpha value is -2.68. The maximum absolute atomic E-state index is 12.3. The summed E-state index contributed by atoms with van der Waals surface area (Å²) >= 11 is 0. The number of Topliss-reactive ketones (excluding diaryl/α,β-unsaturated/α-hetero) is 2. The summed E-state index contributed by atoms with van der Waals surface area (Å²) in [6.45, 7) is 4.13. The van der Waals surface area contributed by atoms with Crippen molar-refractivity contribution in [3.8, 4) is 0 Å². The number of aryl methyl sites for hydroxylation is 3. The first-order valence-corrected chi connectivity index (χ1v) is 8.15. The van der Waals surface area contributed by atoms with E-state index in [0.717, 1.165) is 6.42 Å². The van der Waals surface area contributed by atoms with Crippen LogP contribution in [0.15, 0.2) is 48.0 Å². The molecule has 0 amide bonds. The molecule has 122 valence electrons. The van der Waals surface area contributed by atoms with E-state index in [2.05, 4.69) is 32.0 Å². The topological polar surface area (TPSA) is 54.4 Å². The number of carbonyl (C=O) groups is 2. The van der Waals surface area contributed by atoms with Crippen LogP contribution in [0, 0.1) is 13.8 Å². The second-order valence-corrected chi connectivity index (χ2v) is 6.31. The van der Waals surface area contributed by atoms with Gasteiger partial charge < -0.3 is 5.11 Å². The minimum absolute atomic E-state index is 0.0455. The number of allylic oxidation sites excluding steroid dienone is 1. The molecule has 0 heterocycles. The van der Waals surface area contributed by atoms with Crippen molar-refractivity contribution in [1.29, 1.82) is 0 Å². The highest BCUT2D eigenvalue weighted by Gasteiger charge is 2.31. The van der Waals surface area contributed by atoms with Gasteiger partial charge in [0.25, 0.3) is 0 Å². The lowest BCUT2D eigenvalue weighted by molar-refractivity contribution is -0.112. The third-order valence-corrected chi connectivity index (χ3v) is 4.56. The third-order valence-electron chi connectivity index (χ3n) is 4.56. The van der Waals surface area contributed by atoms with Crippen LogP contribution in [0.5, 0.6) is 0 Å². The first-order chi connectivity index (χ1) is 11.5. The minimum Gasteiger partial charge on any atom is -0.507 e. The van der Waals surface area contributed by atoms with E-state index in [9.17, 15) is 14.7 Å². The van der Waals surface area contributed by atoms with Crippen molar-refractivity contribution in [2.45, 2.75) is 33.1 Å². The number of fused-ring (bicyclic) bond motifs is 1. The van der Waals surface area contributed by atoms with Crippen molar-refractivity contribution < 1.29 is 14.7 Å². The van der Waals surface area contributed by atoms with Gasteiger partial charge in [0.1, 0.15) is 5.76 Å². The van der Waals surface area contributed by atoms with Gasteiger partial charge in [-0.15, -0.1) is 0 Å². The van der Waals surface area contributed by atoms with Crippen LogP contribution in [0.3, 0.4) is 0 Å². The van der Waals surface area contributed by atoms with E-state index in [1.165, 1.54) is 16.7 Å². The van der Waals surface area contributed by atoms with E-state index in [-0.39, 0.29) is 16.9 Å². The van der Waals surface area contributed by atoms with Crippen molar-refractivity contribution in [1.82, 2.24) is 0 Å².